The first-order chi connectivity index (χ1) is 7.24. The standard InChI is InChI=1S/C14H21N/c1-4-15-14(11-10-12(2)3)13-8-6-5-7-9-13/h5-9,14-15H,2,4,10-11H2,1,3H3. The van der Waals surface area contributed by atoms with Crippen LogP contribution in [0.2, 0.25) is 0 Å². The molecular formula is C14H21N. The zero-order valence-electron chi connectivity index (χ0n) is 9.79. The number of allylic oxidation sites excluding steroid dienone is 1. The van der Waals surface area contributed by atoms with Gasteiger partial charge in [0, 0.05) is 6.04 Å². The van der Waals surface area contributed by atoms with Crippen LogP contribution in [0.4, 0.5) is 0 Å². The molecule has 0 bridgehead atoms. The zero-order valence-corrected chi connectivity index (χ0v) is 9.79. The van der Waals surface area contributed by atoms with Crippen molar-refractivity contribution in [3.63, 3.8) is 0 Å². The van der Waals surface area contributed by atoms with Crippen LogP contribution in [0.15, 0.2) is 42.5 Å². The quantitative estimate of drug-likeness (QED) is 0.695. The van der Waals surface area contributed by atoms with Crippen molar-refractivity contribution in [1.82, 2.24) is 5.32 Å². The van der Waals surface area contributed by atoms with Crippen molar-refractivity contribution in [2.24, 2.45) is 0 Å². The third-order valence-corrected chi connectivity index (χ3v) is 2.51. The highest BCUT2D eigenvalue weighted by Gasteiger charge is 2.08. The summed E-state index contributed by atoms with van der Waals surface area (Å²) in [5, 5.41) is 3.51. The minimum Gasteiger partial charge on any atom is -0.310 e. The Morgan fingerprint density at radius 3 is 2.53 bits per heavy atom. The van der Waals surface area contributed by atoms with E-state index >= 15 is 0 Å². The summed E-state index contributed by atoms with van der Waals surface area (Å²) in [5.74, 6) is 0. The van der Waals surface area contributed by atoms with Gasteiger partial charge >= 0.3 is 0 Å². The van der Waals surface area contributed by atoms with Crippen LogP contribution in [0.25, 0.3) is 0 Å². The van der Waals surface area contributed by atoms with Crippen LogP contribution in [-0.4, -0.2) is 6.54 Å². The summed E-state index contributed by atoms with van der Waals surface area (Å²) in [6.45, 7) is 9.20. The van der Waals surface area contributed by atoms with Crippen LogP contribution in [0.1, 0.15) is 38.3 Å². The molecule has 0 heterocycles. The van der Waals surface area contributed by atoms with Crippen molar-refractivity contribution in [1.29, 1.82) is 0 Å². The van der Waals surface area contributed by atoms with Gasteiger partial charge in [-0.2, -0.15) is 0 Å². The topological polar surface area (TPSA) is 12.0 Å². The van der Waals surface area contributed by atoms with E-state index in [-0.39, 0.29) is 0 Å². The minimum atomic E-state index is 0.466. The highest BCUT2D eigenvalue weighted by Crippen LogP contribution is 2.19. The van der Waals surface area contributed by atoms with Crippen LogP contribution < -0.4 is 5.32 Å². The second-order valence-electron chi connectivity index (χ2n) is 4.02. The first-order valence-corrected chi connectivity index (χ1v) is 5.66. The maximum atomic E-state index is 3.95. The van der Waals surface area contributed by atoms with E-state index in [4.69, 9.17) is 0 Å². The molecule has 0 saturated carbocycles. The smallest absolute Gasteiger partial charge is 0.0323 e. The highest BCUT2D eigenvalue weighted by molar-refractivity contribution is 5.19. The predicted octanol–water partition coefficient (Wildman–Crippen LogP) is 3.69. The van der Waals surface area contributed by atoms with Crippen LogP contribution >= 0.6 is 0 Å². The molecule has 0 amide bonds. The number of hydrogen-bond acceptors (Lipinski definition) is 1. The van der Waals surface area contributed by atoms with Crippen molar-refractivity contribution < 1.29 is 0 Å². The molecule has 0 radical (unpaired) electrons. The molecule has 0 fully saturated rings. The van der Waals surface area contributed by atoms with Crippen molar-refractivity contribution >= 4 is 0 Å². The molecule has 15 heavy (non-hydrogen) atoms. The number of nitrogens with one attached hydrogen (secondary N) is 1. The molecule has 0 saturated heterocycles. The van der Waals surface area contributed by atoms with E-state index in [1.165, 1.54) is 11.1 Å². The highest BCUT2D eigenvalue weighted by atomic mass is 14.9. The Labute approximate surface area is 93.2 Å². The molecule has 0 aromatic heterocycles. The van der Waals surface area contributed by atoms with Crippen LogP contribution in [-0.2, 0) is 0 Å². The Kier molecular flexibility index (Phi) is 5.13. The number of benzene rings is 1. The molecule has 1 N–H and O–H groups in total. The van der Waals surface area contributed by atoms with E-state index in [2.05, 4.69) is 56.1 Å². The van der Waals surface area contributed by atoms with Gasteiger partial charge in [-0.3, -0.25) is 0 Å². The first kappa shape index (κ1) is 12.0. The van der Waals surface area contributed by atoms with E-state index < -0.39 is 0 Å². The summed E-state index contributed by atoms with van der Waals surface area (Å²) >= 11 is 0. The van der Waals surface area contributed by atoms with Crippen molar-refractivity contribution in [3.05, 3.63) is 48.0 Å². The van der Waals surface area contributed by atoms with Gasteiger partial charge in [0.25, 0.3) is 0 Å². The van der Waals surface area contributed by atoms with Gasteiger partial charge in [0.15, 0.2) is 0 Å². The summed E-state index contributed by atoms with van der Waals surface area (Å²) in [7, 11) is 0. The molecule has 1 unspecified atom stereocenters. The van der Waals surface area contributed by atoms with E-state index in [0.29, 0.717) is 6.04 Å². The van der Waals surface area contributed by atoms with Gasteiger partial charge in [-0.15, -0.1) is 6.58 Å². The molecule has 1 aromatic carbocycles. The van der Waals surface area contributed by atoms with Crippen LogP contribution in [0.3, 0.4) is 0 Å². The molecule has 0 spiro atoms. The summed E-state index contributed by atoms with van der Waals surface area (Å²) in [4.78, 5) is 0. The molecule has 1 rings (SSSR count). The Morgan fingerprint density at radius 2 is 2.00 bits per heavy atom. The van der Waals surface area contributed by atoms with E-state index in [1.807, 2.05) is 0 Å². The lowest BCUT2D eigenvalue weighted by atomic mass is 10.00. The maximum Gasteiger partial charge on any atom is 0.0323 e. The molecule has 0 aliphatic rings. The lowest BCUT2D eigenvalue weighted by Gasteiger charge is -2.18. The summed E-state index contributed by atoms with van der Waals surface area (Å²) in [5.41, 5.74) is 2.63. The van der Waals surface area contributed by atoms with E-state index in [1.54, 1.807) is 0 Å². The Balaban J connectivity index is 2.61. The van der Waals surface area contributed by atoms with Gasteiger partial charge in [-0.1, -0.05) is 42.8 Å². The summed E-state index contributed by atoms with van der Waals surface area (Å²) in [6, 6.07) is 11.1. The summed E-state index contributed by atoms with van der Waals surface area (Å²) in [6.07, 6.45) is 2.22. The Bertz CT molecular complexity index is 289. The predicted molar refractivity (Wildman–Crippen MR) is 66.9 cm³/mol. The molecule has 0 aliphatic heterocycles. The summed E-state index contributed by atoms with van der Waals surface area (Å²) < 4.78 is 0. The van der Waals surface area contributed by atoms with E-state index in [9.17, 15) is 0 Å². The second kappa shape index (κ2) is 6.41. The van der Waals surface area contributed by atoms with Crippen molar-refractivity contribution in [3.8, 4) is 0 Å². The fraction of sp³-hybridized carbons (Fsp3) is 0.429. The fourth-order valence-electron chi connectivity index (χ4n) is 1.71. The number of rotatable bonds is 6. The van der Waals surface area contributed by atoms with Gasteiger partial charge in [0.2, 0.25) is 0 Å². The van der Waals surface area contributed by atoms with Gasteiger partial charge in [-0.25, -0.2) is 0 Å². The first-order valence-electron chi connectivity index (χ1n) is 5.66. The molecule has 1 aromatic rings. The minimum absolute atomic E-state index is 0.466. The van der Waals surface area contributed by atoms with Gasteiger partial charge in [0.1, 0.15) is 0 Å². The van der Waals surface area contributed by atoms with Gasteiger partial charge in [-0.05, 0) is 31.9 Å². The Morgan fingerprint density at radius 1 is 1.33 bits per heavy atom. The molecule has 1 heteroatoms. The lowest BCUT2D eigenvalue weighted by Crippen LogP contribution is -2.20. The van der Waals surface area contributed by atoms with Crippen molar-refractivity contribution in [2.75, 3.05) is 6.54 Å². The van der Waals surface area contributed by atoms with E-state index in [0.717, 1.165) is 19.4 Å². The third kappa shape index (κ3) is 4.30. The second-order valence-corrected chi connectivity index (χ2v) is 4.02. The molecule has 0 aliphatic carbocycles. The SMILES string of the molecule is C=C(C)CCC(NCC)c1ccccc1. The molecule has 1 nitrogen and oxygen atoms in total. The average molecular weight is 203 g/mol. The normalized spacial score (nSPS) is 12.4. The largest absolute Gasteiger partial charge is 0.310 e. The average Bonchev–Trinajstić information content (AvgIpc) is 2.25. The van der Waals surface area contributed by atoms with Gasteiger partial charge in [0.05, 0.1) is 0 Å². The third-order valence-electron chi connectivity index (χ3n) is 2.51. The molecule has 1 atom stereocenters. The number of hydrogen-bond donors (Lipinski definition) is 1. The van der Waals surface area contributed by atoms with Crippen LogP contribution in [0, 0.1) is 0 Å². The fourth-order valence-corrected chi connectivity index (χ4v) is 1.71. The zero-order chi connectivity index (χ0) is 11.1. The maximum absolute atomic E-state index is 3.95. The molecular weight excluding hydrogens is 182 g/mol. The lowest BCUT2D eigenvalue weighted by molar-refractivity contribution is 0.515. The van der Waals surface area contributed by atoms with Crippen LogP contribution in [0.5, 0.6) is 0 Å². The molecule has 82 valence electrons. The van der Waals surface area contributed by atoms with Gasteiger partial charge < -0.3 is 5.32 Å². The monoisotopic (exact) mass is 203 g/mol. The Hall–Kier alpha value is -1.08. The van der Waals surface area contributed by atoms with Crippen molar-refractivity contribution in [2.45, 2.75) is 32.7 Å².